The van der Waals surface area contributed by atoms with E-state index in [0.29, 0.717) is 0 Å². The number of rotatable bonds is 4. The van der Waals surface area contributed by atoms with Crippen LogP contribution >= 0.6 is 0 Å². The van der Waals surface area contributed by atoms with Gasteiger partial charge in [-0.1, -0.05) is 6.92 Å². The third kappa shape index (κ3) is 3.39. The standard InChI is InChI=1S/C9H12F3NO3/c1-8(2-3-8)4-5(6(14)15)13-7(16)9(10,11)12/h5H,2-4H2,1H3,(H,13,16)(H,14,15). The molecule has 1 aliphatic carbocycles. The number of carboxylic acids is 1. The first-order valence-corrected chi connectivity index (χ1v) is 4.75. The van der Waals surface area contributed by atoms with Crippen LogP contribution in [0.3, 0.4) is 0 Å². The van der Waals surface area contributed by atoms with Crippen LogP contribution in [-0.2, 0) is 9.59 Å². The SMILES string of the molecule is CC1(CC(NC(=O)C(F)(F)F)C(=O)O)CC1. The number of amides is 1. The summed E-state index contributed by atoms with van der Waals surface area (Å²) in [6, 6.07) is -1.47. The molecule has 4 nitrogen and oxygen atoms in total. The lowest BCUT2D eigenvalue weighted by Gasteiger charge is -2.18. The van der Waals surface area contributed by atoms with Crippen LogP contribution in [0.15, 0.2) is 0 Å². The molecule has 1 aliphatic rings. The molecular formula is C9H12F3NO3. The summed E-state index contributed by atoms with van der Waals surface area (Å²) in [6.45, 7) is 1.78. The van der Waals surface area contributed by atoms with Gasteiger partial charge in [-0.15, -0.1) is 0 Å². The normalized spacial score (nSPS) is 20.0. The summed E-state index contributed by atoms with van der Waals surface area (Å²) in [5, 5.41) is 10.2. The second-order valence-corrected chi connectivity index (χ2v) is 4.38. The maximum absolute atomic E-state index is 11.9. The lowest BCUT2D eigenvalue weighted by atomic mass is 9.99. The van der Waals surface area contributed by atoms with E-state index in [1.165, 1.54) is 5.32 Å². The highest BCUT2D eigenvalue weighted by atomic mass is 19.4. The molecule has 0 aromatic carbocycles. The van der Waals surface area contributed by atoms with Gasteiger partial charge >= 0.3 is 18.1 Å². The molecule has 7 heteroatoms. The van der Waals surface area contributed by atoms with Gasteiger partial charge in [0.15, 0.2) is 0 Å². The Morgan fingerprint density at radius 2 is 1.94 bits per heavy atom. The molecule has 0 heterocycles. The maximum Gasteiger partial charge on any atom is 0.471 e. The van der Waals surface area contributed by atoms with E-state index in [0.717, 1.165) is 12.8 Å². The minimum absolute atomic E-state index is 0.0319. The van der Waals surface area contributed by atoms with Crippen molar-refractivity contribution < 1.29 is 27.9 Å². The molecule has 0 bridgehead atoms. The van der Waals surface area contributed by atoms with E-state index in [2.05, 4.69) is 0 Å². The van der Waals surface area contributed by atoms with Gasteiger partial charge in [0.2, 0.25) is 0 Å². The van der Waals surface area contributed by atoms with E-state index in [1.54, 1.807) is 6.92 Å². The lowest BCUT2D eigenvalue weighted by molar-refractivity contribution is -0.175. The highest BCUT2D eigenvalue weighted by Crippen LogP contribution is 2.48. The van der Waals surface area contributed by atoms with Crippen molar-refractivity contribution in [2.24, 2.45) is 5.41 Å². The summed E-state index contributed by atoms with van der Waals surface area (Å²) in [4.78, 5) is 21.3. The van der Waals surface area contributed by atoms with Crippen molar-refractivity contribution in [1.82, 2.24) is 5.32 Å². The molecule has 16 heavy (non-hydrogen) atoms. The minimum atomic E-state index is -5.04. The van der Waals surface area contributed by atoms with E-state index in [9.17, 15) is 22.8 Å². The Bertz CT molecular complexity index is 310. The predicted molar refractivity (Wildman–Crippen MR) is 47.6 cm³/mol. The first-order chi connectivity index (χ1) is 7.14. The van der Waals surface area contributed by atoms with Crippen molar-refractivity contribution in [2.75, 3.05) is 0 Å². The lowest BCUT2D eigenvalue weighted by Crippen LogP contribution is -2.47. The van der Waals surface area contributed by atoms with Gasteiger partial charge in [-0.2, -0.15) is 13.2 Å². The fourth-order valence-corrected chi connectivity index (χ4v) is 1.35. The second-order valence-electron chi connectivity index (χ2n) is 4.38. The van der Waals surface area contributed by atoms with Gasteiger partial charge in [-0.3, -0.25) is 4.79 Å². The van der Waals surface area contributed by atoms with Gasteiger partial charge in [0.05, 0.1) is 0 Å². The molecule has 0 aliphatic heterocycles. The smallest absolute Gasteiger partial charge is 0.471 e. The molecule has 1 fully saturated rings. The average molecular weight is 239 g/mol. The zero-order valence-electron chi connectivity index (χ0n) is 8.60. The number of carboxylic acid groups (broad SMARTS) is 1. The van der Waals surface area contributed by atoms with Crippen molar-refractivity contribution in [1.29, 1.82) is 0 Å². The predicted octanol–water partition coefficient (Wildman–Crippen LogP) is 1.31. The zero-order valence-corrected chi connectivity index (χ0v) is 8.60. The number of alkyl halides is 3. The highest BCUT2D eigenvalue weighted by Gasteiger charge is 2.45. The molecule has 0 aromatic rings. The molecule has 0 saturated heterocycles. The van der Waals surface area contributed by atoms with Gasteiger partial charge in [0, 0.05) is 0 Å². The second kappa shape index (κ2) is 3.95. The third-order valence-electron chi connectivity index (χ3n) is 2.66. The Hall–Kier alpha value is -1.27. The summed E-state index contributed by atoms with van der Waals surface area (Å²) in [7, 11) is 0. The van der Waals surface area contributed by atoms with Gasteiger partial charge in [0.25, 0.3) is 0 Å². The first-order valence-electron chi connectivity index (χ1n) is 4.75. The number of hydrogen-bond donors (Lipinski definition) is 2. The van der Waals surface area contributed by atoms with Gasteiger partial charge in [-0.05, 0) is 24.7 Å². The van der Waals surface area contributed by atoms with Crippen LogP contribution in [0.5, 0.6) is 0 Å². The number of hydrogen-bond acceptors (Lipinski definition) is 2. The topological polar surface area (TPSA) is 66.4 Å². The fraction of sp³-hybridized carbons (Fsp3) is 0.778. The summed E-state index contributed by atoms with van der Waals surface area (Å²) >= 11 is 0. The quantitative estimate of drug-likeness (QED) is 0.777. The molecule has 0 aromatic heterocycles. The zero-order chi connectivity index (χ0) is 12.6. The summed E-state index contributed by atoms with van der Waals surface area (Å²) in [6.07, 6.45) is -3.46. The molecule has 1 atom stereocenters. The number of carbonyl (C=O) groups excluding carboxylic acids is 1. The number of nitrogens with one attached hydrogen (secondary N) is 1. The van der Waals surface area contributed by atoms with Crippen LogP contribution in [0.2, 0.25) is 0 Å². The number of halogens is 3. The molecule has 2 N–H and O–H groups in total. The summed E-state index contributed by atoms with van der Waals surface area (Å²) in [5.41, 5.74) is -0.248. The first kappa shape index (κ1) is 12.8. The van der Waals surface area contributed by atoms with Crippen LogP contribution in [0.1, 0.15) is 26.2 Å². The average Bonchev–Trinajstić information content (AvgIpc) is 2.80. The summed E-state index contributed by atoms with van der Waals surface area (Å²) < 4.78 is 35.7. The molecule has 0 spiro atoms. The van der Waals surface area contributed by atoms with Crippen molar-refractivity contribution in [3.05, 3.63) is 0 Å². The molecule has 0 radical (unpaired) electrons. The Balaban J connectivity index is 2.58. The van der Waals surface area contributed by atoms with Gasteiger partial charge in [0.1, 0.15) is 6.04 Å². The summed E-state index contributed by atoms with van der Waals surface area (Å²) in [5.74, 6) is -3.64. The van der Waals surface area contributed by atoms with Crippen molar-refractivity contribution in [3.63, 3.8) is 0 Å². The number of aliphatic carboxylic acids is 1. The molecule has 1 rings (SSSR count). The Kier molecular flexibility index (Phi) is 3.16. The molecule has 1 saturated carbocycles. The van der Waals surface area contributed by atoms with Crippen LogP contribution in [-0.4, -0.2) is 29.2 Å². The van der Waals surface area contributed by atoms with Crippen molar-refractivity contribution >= 4 is 11.9 Å². The van der Waals surface area contributed by atoms with Gasteiger partial charge in [-0.25, -0.2) is 4.79 Å². The van der Waals surface area contributed by atoms with Gasteiger partial charge < -0.3 is 10.4 Å². The number of carbonyl (C=O) groups is 2. The molecular weight excluding hydrogens is 227 g/mol. The molecule has 1 amide bonds. The minimum Gasteiger partial charge on any atom is -0.480 e. The Labute approximate surface area is 89.8 Å². The van der Waals surface area contributed by atoms with Crippen LogP contribution < -0.4 is 5.32 Å². The Morgan fingerprint density at radius 1 is 1.44 bits per heavy atom. The molecule has 1 unspecified atom stereocenters. The van der Waals surface area contributed by atoms with E-state index in [4.69, 9.17) is 5.11 Å². The van der Waals surface area contributed by atoms with E-state index in [1.807, 2.05) is 0 Å². The van der Waals surface area contributed by atoms with Crippen molar-refractivity contribution in [2.45, 2.75) is 38.4 Å². The van der Waals surface area contributed by atoms with Crippen LogP contribution in [0, 0.1) is 5.41 Å². The van der Waals surface area contributed by atoms with E-state index in [-0.39, 0.29) is 11.8 Å². The van der Waals surface area contributed by atoms with Crippen LogP contribution in [0.25, 0.3) is 0 Å². The van der Waals surface area contributed by atoms with E-state index < -0.39 is 24.1 Å². The Morgan fingerprint density at radius 3 is 2.25 bits per heavy atom. The largest absolute Gasteiger partial charge is 0.480 e. The highest BCUT2D eigenvalue weighted by molar-refractivity contribution is 5.86. The molecule has 92 valence electrons. The monoisotopic (exact) mass is 239 g/mol. The van der Waals surface area contributed by atoms with E-state index >= 15 is 0 Å². The third-order valence-corrected chi connectivity index (χ3v) is 2.66. The van der Waals surface area contributed by atoms with Crippen LogP contribution in [0.4, 0.5) is 13.2 Å². The maximum atomic E-state index is 11.9. The fourth-order valence-electron chi connectivity index (χ4n) is 1.35. The van der Waals surface area contributed by atoms with Crippen molar-refractivity contribution in [3.8, 4) is 0 Å².